The van der Waals surface area contributed by atoms with Crippen LogP contribution in [0.2, 0.25) is 0 Å². The molecule has 1 aromatic carbocycles. The van der Waals surface area contributed by atoms with Crippen LogP contribution in [0.4, 0.5) is 0 Å². The molecule has 1 aromatic heterocycles. The van der Waals surface area contributed by atoms with Crippen LogP contribution in [0, 0.1) is 0 Å². The quantitative estimate of drug-likeness (QED) is 0.344. The van der Waals surface area contributed by atoms with Crippen molar-refractivity contribution in [3.8, 4) is 5.75 Å². The zero-order chi connectivity index (χ0) is 18.6. The number of methoxy groups -OCH3 is 1. The van der Waals surface area contributed by atoms with Crippen LogP contribution < -0.4 is 4.74 Å². The van der Waals surface area contributed by atoms with E-state index in [-0.39, 0.29) is 21.3 Å². The SMILES string of the molecule is C=CCOc1cc(Br)cc(S(=O)(=O)c2cc(C(=O)OC)sc2SC)c1. The Morgan fingerprint density at radius 2 is 2.08 bits per heavy atom. The second kappa shape index (κ2) is 8.39. The highest BCUT2D eigenvalue weighted by molar-refractivity contribution is 9.10. The van der Waals surface area contributed by atoms with Crippen molar-refractivity contribution in [2.75, 3.05) is 20.0 Å². The van der Waals surface area contributed by atoms with Crippen molar-refractivity contribution < 1.29 is 22.7 Å². The Labute approximate surface area is 163 Å². The first-order chi connectivity index (χ1) is 11.8. The maximum absolute atomic E-state index is 13.1. The van der Waals surface area contributed by atoms with Crippen molar-refractivity contribution in [1.82, 2.24) is 0 Å². The lowest BCUT2D eigenvalue weighted by Crippen LogP contribution is -2.04. The minimum Gasteiger partial charge on any atom is -0.489 e. The van der Waals surface area contributed by atoms with E-state index in [1.54, 1.807) is 18.4 Å². The molecule has 0 amide bonds. The predicted molar refractivity (Wildman–Crippen MR) is 103 cm³/mol. The van der Waals surface area contributed by atoms with E-state index >= 15 is 0 Å². The number of hydrogen-bond acceptors (Lipinski definition) is 7. The number of hydrogen-bond donors (Lipinski definition) is 0. The molecule has 134 valence electrons. The third kappa shape index (κ3) is 4.46. The Balaban J connectivity index is 2.55. The first kappa shape index (κ1) is 20.0. The molecule has 2 aromatic rings. The van der Waals surface area contributed by atoms with E-state index in [1.807, 2.05) is 0 Å². The average Bonchev–Trinajstić information content (AvgIpc) is 3.04. The van der Waals surface area contributed by atoms with Gasteiger partial charge in [-0.25, -0.2) is 13.2 Å². The molecule has 0 unspecified atom stereocenters. The van der Waals surface area contributed by atoms with Gasteiger partial charge in [0.2, 0.25) is 9.84 Å². The molecular weight excluding hydrogens is 448 g/mol. The Morgan fingerprint density at radius 3 is 2.68 bits per heavy atom. The largest absolute Gasteiger partial charge is 0.489 e. The van der Waals surface area contributed by atoms with E-state index < -0.39 is 15.8 Å². The number of ether oxygens (including phenoxy) is 2. The van der Waals surface area contributed by atoms with Crippen molar-refractivity contribution in [3.05, 3.63) is 46.3 Å². The van der Waals surface area contributed by atoms with Crippen molar-refractivity contribution in [2.24, 2.45) is 0 Å². The highest BCUT2D eigenvalue weighted by Crippen LogP contribution is 2.38. The van der Waals surface area contributed by atoms with Crippen LogP contribution in [0.25, 0.3) is 0 Å². The molecule has 0 aliphatic rings. The summed E-state index contributed by atoms with van der Waals surface area (Å²) in [5, 5.41) is 0. The van der Waals surface area contributed by atoms with Gasteiger partial charge in [-0.05, 0) is 30.5 Å². The van der Waals surface area contributed by atoms with Gasteiger partial charge in [-0.2, -0.15) is 0 Å². The van der Waals surface area contributed by atoms with Gasteiger partial charge in [0.05, 0.1) is 21.1 Å². The highest BCUT2D eigenvalue weighted by atomic mass is 79.9. The zero-order valence-electron chi connectivity index (χ0n) is 13.4. The van der Waals surface area contributed by atoms with Crippen LogP contribution in [0.1, 0.15) is 9.67 Å². The van der Waals surface area contributed by atoms with Crippen LogP contribution in [0.5, 0.6) is 5.75 Å². The lowest BCUT2D eigenvalue weighted by molar-refractivity contribution is 0.0606. The molecule has 0 aliphatic heterocycles. The summed E-state index contributed by atoms with van der Waals surface area (Å²) in [6, 6.07) is 5.97. The molecule has 25 heavy (non-hydrogen) atoms. The molecular formula is C16H15BrO5S3. The van der Waals surface area contributed by atoms with Gasteiger partial charge in [-0.1, -0.05) is 28.6 Å². The van der Waals surface area contributed by atoms with Crippen LogP contribution in [-0.2, 0) is 14.6 Å². The molecule has 9 heteroatoms. The number of carbonyl (C=O) groups excluding carboxylic acids is 1. The Hall–Kier alpha value is -1.29. The molecule has 0 radical (unpaired) electrons. The van der Waals surface area contributed by atoms with Crippen LogP contribution in [-0.4, -0.2) is 34.4 Å². The van der Waals surface area contributed by atoms with Crippen LogP contribution in [0.15, 0.2) is 55.4 Å². The molecule has 5 nitrogen and oxygen atoms in total. The molecule has 2 rings (SSSR count). The minimum absolute atomic E-state index is 0.0745. The fourth-order valence-electron chi connectivity index (χ4n) is 1.95. The fraction of sp³-hybridized carbons (Fsp3) is 0.188. The van der Waals surface area contributed by atoms with Crippen molar-refractivity contribution in [2.45, 2.75) is 14.0 Å². The van der Waals surface area contributed by atoms with E-state index in [0.29, 0.717) is 14.4 Å². The van der Waals surface area contributed by atoms with Gasteiger partial charge in [0.15, 0.2) is 0 Å². The molecule has 0 spiro atoms. The minimum atomic E-state index is -3.83. The predicted octanol–water partition coefficient (Wildman–Crippen LogP) is 4.42. The maximum Gasteiger partial charge on any atom is 0.348 e. The molecule has 1 heterocycles. The van der Waals surface area contributed by atoms with Crippen LogP contribution >= 0.6 is 39.0 Å². The summed E-state index contributed by atoms with van der Waals surface area (Å²) in [4.78, 5) is 12.1. The average molecular weight is 463 g/mol. The third-order valence-corrected chi connectivity index (χ3v) is 7.77. The van der Waals surface area contributed by atoms with E-state index in [9.17, 15) is 13.2 Å². The van der Waals surface area contributed by atoms with E-state index in [1.165, 1.54) is 37.1 Å². The summed E-state index contributed by atoms with van der Waals surface area (Å²) >= 11 is 5.65. The van der Waals surface area contributed by atoms with Gasteiger partial charge >= 0.3 is 5.97 Å². The van der Waals surface area contributed by atoms with Crippen LogP contribution in [0.3, 0.4) is 0 Å². The first-order valence-corrected chi connectivity index (χ1v) is 11.2. The van der Waals surface area contributed by atoms with E-state index in [4.69, 9.17) is 4.74 Å². The summed E-state index contributed by atoms with van der Waals surface area (Å²) in [6.45, 7) is 3.83. The number of sulfone groups is 1. The number of benzene rings is 1. The maximum atomic E-state index is 13.1. The van der Waals surface area contributed by atoms with Crippen molar-refractivity contribution in [1.29, 1.82) is 0 Å². The second-order valence-electron chi connectivity index (χ2n) is 4.68. The van der Waals surface area contributed by atoms with Gasteiger partial charge in [-0.3, -0.25) is 0 Å². The standard InChI is InChI=1S/C16H15BrO5S3/c1-4-5-22-11-6-10(17)7-12(8-11)25(19,20)14-9-13(15(18)21-2)24-16(14)23-3/h4,6-9H,1,5H2,2-3H3. The Kier molecular flexibility index (Phi) is 6.72. The summed E-state index contributed by atoms with van der Waals surface area (Å²) < 4.78 is 37.3. The molecule has 0 fully saturated rings. The second-order valence-corrected chi connectivity index (χ2v) is 9.64. The molecule has 0 bridgehead atoms. The van der Waals surface area contributed by atoms with Gasteiger partial charge in [0.1, 0.15) is 17.2 Å². The topological polar surface area (TPSA) is 69.7 Å². The molecule has 0 atom stereocenters. The molecule has 0 saturated carbocycles. The third-order valence-electron chi connectivity index (χ3n) is 3.05. The number of esters is 1. The molecule has 0 saturated heterocycles. The first-order valence-electron chi connectivity index (χ1n) is 6.89. The fourth-order valence-corrected chi connectivity index (χ4v) is 6.54. The zero-order valence-corrected chi connectivity index (χ0v) is 17.5. The van der Waals surface area contributed by atoms with E-state index in [0.717, 1.165) is 11.3 Å². The lowest BCUT2D eigenvalue weighted by atomic mass is 10.3. The molecule has 0 aliphatic carbocycles. The highest BCUT2D eigenvalue weighted by Gasteiger charge is 2.27. The van der Waals surface area contributed by atoms with Crippen molar-refractivity contribution >= 4 is 54.8 Å². The van der Waals surface area contributed by atoms with Gasteiger partial charge in [-0.15, -0.1) is 23.1 Å². The van der Waals surface area contributed by atoms with Gasteiger partial charge < -0.3 is 9.47 Å². The summed E-state index contributed by atoms with van der Waals surface area (Å²) in [5.74, 6) is -0.159. The Morgan fingerprint density at radius 1 is 1.36 bits per heavy atom. The monoisotopic (exact) mass is 462 g/mol. The lowest BCUT2D eigenvalue weighted by Gasteiger charge is -2.09. The smallest absolute Gasteiger partial charge is 0.348 e. The van der Waals surface area contributed by atoms with Gasteiger partial charge in [0.25, 0.3) is 0 Å². The summed E-state index contributed by atoms with van der Waals surface area (Å²) in [6.07, 6.45) is 3.33. The summed E-state index contributed by atoms with van der Waals surface area (Å²) in [7, 11) is -2.57. The number of rotatable bonds is 7. The Bertz CT molecular complexity index is 902. The number of carbonyl (C=O) groups is 1. The number of halogens is 1. The molecule has 0 N–H and O–H groups in total. The number of thiophene rings is 1. The van der Waals surface area contributed by atoms with Gasteiger partial charge in [0, 0.05) is 4.47 Å². The summed E-state index contributed by atoms with van der Waals surface area (Å²) in [5.41, 5.74) is 0. The normalized spacial score (nSPS) is 11.2. The van der Waals surface area contributed by atoms with E-state index in [2.05, 4.69) is 27.2 Å². The number of thioether (sulfide) groups is 1. The van der Waals surface area contributed by atoms with Crippen molar-refractivity contribution in [3.63, 3.8) is 0 Å².